The molecule has 0 unspecified atom stereocenters. The van der Waals surface area contributed by atoms with Crippen LogP contribution in [0, 0.1) is 6.92 Å². The summed E-state index contributed by atoms with van der Waals surface area (Å²) >= 11 is 0. The third-order valence-corrected chi connectivity index (χ3v) is 3.73. The van der Waals surface area contributed by atoms with Crippen molar-refractivity contribution in [2.75, 3.05) is 23.3 Å². The van der Waals surface area contributed by atoms with Gasteiger partial charge in [-0.3, -0.25) is 0 Å². The number of aromatic amines is 1. The van der Waals surface area contributed by atoms with E-state index in [4.69, 9.17) is 0 Å². The molecular weight excluding hydrogens is 236 g/mol. The fraction of sp³-hybridized carbons (Fsp3) is 0.400. The predicted octanol–water partition coefficient (Wildman–Crippen LogP) is 2.93. The second-order valence-corrected chi connectivity index (χ2v) is 5.07. The lowest BCUT2D eigenvalue weighted by atomic mass is 10.2. The highest BCUT2D eigenvalue weighted by Gasteiger charge is 2.11. The van der Waals surface area contributed by atoms with Crippen molar-refractivity contribution in [1.82, 2.24) is 9.97 Å². The van der Waals surface area contributed by atoms with Crippen molar-refractivity contribution < 1.29 is 0 Å². The van der Waals surface area contributed by atoms with Gasteiger partial charge in [0, 0.05) is 30.2 Å². The maximum atomic E-state index is 4.29. The Kier molecular flexibility index (Phi) is 3.40. The number of aryl methyl sites for hydroxylation is 1. The molecule has 0 spiro atoms. The van der Waals surface area contributed by atoms with Crippen molar-refractivity contribution in [2.24, 2.45) is 0 Å². The zero-order valence-electron chi connectivity index (χ0n) is 11.3. The Bertz CT molecular complexity index is 523. The van der Waals surface area contributed by atoms with Gasteiger partial charge in [-0.05, 0) is 44.0 Å². The van der Waals surface area contributed by atoms with Gasteiger partial charge < -0.3 is 15.2 Å². The lowest BCUT2D eigenvalue weighted by molar-refractivity contribution is 0.949. The Balaban J connectivity index is 1.61. The molecule has 100 valence electrons. The molecule has 0 saturated carbocycles. The third-order valence-electron chi connectivity index (χ3n) is 3.73. The van der Waals surface area contributed by atoms with Crippen LogP contribution in [-0.4, -0.2) is 23.1 Å². The molecule has 4 nitrogen and oxygen atoms in total. The second kappa shape index (κ2) is 5.34. The first-order chi connectivity index (χ1) is 9.33. The molecule has 1 aromatic carbocycles. The lowest BCUT2D eigenvalue weighted by Gasteiger charge is -2.17. The van der Waals surface area contributed by atoms with Crippen LogP contribution < -0.4 is 10.2 Å². The molecule has 3 rings (SSSR count). The number of aromatic nitrogens is 2. The van der Waals surface area contributed by atoms with Gasteiger partial charge in [-0.15, -0.1) is 0 Å². The summed E-state index contributed by atoms with van der Waals surface area (Å²) < 4.78 is 0. The Labute approximate surface area is 113 Å². The van der Waals surface area contributed by atoms with Crippen LogP contribution >= 0.6 is 0 Å². The largest absolute Gasteiger partial charge is 0.379 e. The summed E-state index contributed by atoms with van der Waals surface area (Å²) in [7, 11) is 0. The van der Waals surface area contributed by atoms with Crippen LogP contribution in [0.15, 0.2) is 30.6 Å². The van der Waals surface area contributed by atoms with E-state index in [9.17, 15) is 0 Å². The number of hydrogen-bond acceptors (Lipinski definition) is 3. The Morgan fingerprint density at radius 2 is 1.95 bits per heavy atom. The highest BCUT2D eigenvalue weighted by molar-refractivity contribution is 5.55. The van der Waals surface area contributed by atoms with E-state index in [1.165, 1.54) is 31.6 Å². The molecule has 2 aromatic rings. The van der Waals surface area contributed by atoms with Gasteiger partial charge in [0.1, 0.15) is 0 Å². The lowest BCUT2D eigenvalue weighted by Crippen LogP contribution is -2.17. The standard InChI is InChI=1S/C15H20N4/c1-12-15(18-11-17-12)10-16-13-4-6-14(7-5-13)19-8-2-3-9-19/h4-7,11,16H,2-3,8-10H2,1H3,(H,17,18). The summed E-state index contributed by atoms with van der Waals surface area (Å²) in [5.41, 5.74) is 4.68. The molecule has 1 fully saturated rings. The predicted molar refractivity (Wildman–Crippen MR) is 78.5 cm³/mol. The number of rotatable bonds is 4. The van der Waals surface area contributed by atoms with Gasteiger partial charge in [-0.1, -0.05) is 0 Å². The van der Waals surface area contributed by atoms with Crippen LogP contribution in [0.3, 0.4) is 0 Å². The Morgan fingerprint density at radius 1 is 1.21 bits per heavy atom. The first-order valence-electron chi connectivity index (χ1n) is 6.91. The maximum absolute atomic E-state index is 4.29. The average Bonchev–Trinajstić information content (AvgIpc) is 3.09. The van der Waals surface area contributed by atoms with Gasteiger partial charge in [-0.25, -0.2) is 4.98 Å². The van der Waals surface area contributed by atoms with E-state index in [1.807, 2.05) is 6.92 Å². The highest BCUT2D eigenvalue weighted by atomic mass is 15.1. The summed E-state index contributed by atoms with van der Waals surface area (Å²) in [5, 5.41) is 3.40. The normalized spacial score (nSPS) is 14.9. The van der Waals surface area contributed by atoms with Crippen LogP contribution in [0.25, 0.3) is 0 Å². The molecule has 0 atom stereocenters. The van der Waals surface area contributed by atoms with Crippen LogP contribution in [0.1, 0.15) is 24.2 Å². The quantitative estimate of drug-likeness (QED) is 0.884. The smallest absolute Gasteiger partial charge is 0.0925 e. The fourth-order valence-corrected chi connectivity index (χ4v) is 2.52. The summed E-state index contributed by atoms with van der Waals surface area (Å²) in [6.07, 6.45) is 4.37. The molecule has 4 heteroatoms. The molecule has 0 bridgehead atoms. The van der Waals surface area contributed by atoms with Crippen molar-refractivity contribution in [2.45, 2.75) is 26.3 Å². The molecule has 0 aliphatic carbocycles. The number of H-pyrrole nitrogens is 1. The molecule has 1 aliphatic heterocycles. The highest BCUT2D eigenvalue weighted by Crippen LogP contribution is 2.22. The van der Waals surface area contributed by atoms with Gasteiger partial charge in [0.15, 0.2) is 0 Å². The van der Waals surface area contributed by atoms with Crippen LogP contribution in [0.5, 0.6) is 0 Å². The minimum Gasteiger partial charge on any atom is -0.379 e. The molecule has 2 heterocycles. The van der Waals surface area contributed by atoms with Crippen molar-refractivity contribution in [1.29, 1.82) is 0 Å². The third kappa shape index (κ3) is 2.72. The molecule has 1 saturated heterocycles. The van der Waals surface area contributed by atoms with Crippen LogP contribution in [-0.2, 0) is 6.54 Å². The summed E-state index contributed by atoms with van der Waals surface area (Å²) in [6, 6.07) is 8.70. The van der Waals surface area contributed by atoms with Crippen molar-refractivity contribution in [3.8, 4) is 0 Å². The SMILES string of the molecule is Cc1[nH]cnc1CNc1ccc(N2CCCC2)cc1. The first-order valence-corrected chi connectivity index (χ1v) is 6.91. The van der Waals surface area contributed by atoms with Crippen LogP contribution in [0.2, 0.25) is 0 Å². The van der Waals surface area contributed by atoms with E-state index >= 15 is 0 Å². The molecule has 1 aromatic heterocycles. The number of anilines is 2. The minimum absolute atomic E-state index is 0.762. The van der Waals surface area contributed by atoms with E-state index in [0.717, 1.165) is 23.6 Å². The number of benzene rings is 1. The van der Waals surface area contributed by atoms with Gasteiger partial charge in [0.05, 0.1) is 18.6 Å². The summed E-state index contributed by atoms with van der Waals surface area (Å²) in [5.74, 6) is 0. The van der Waals surface area contributed by atoms with Crippen molar-refractivity contribution >= 4 is 11.4 Å². The molecule has 1 aliphatic rings. The maximum Gasteiger partial charge on any atom is 0.0925 e. The summed E-state index contributed by atoms with van der Waals surface area (Å²) in [6.45, 7) is 5.19. The molecule has 2 N–H and O–H groups in total. The zero-order valence-corrected chi connectivity index (χ0v) is 11.3. The van der Waals surface area contributed by atoms with E-state index in [1.54, 1.807) is 6.33 Å². The first kappa shape index (κ1) is 12.1. The monoisotopic (exact) mass is 256 g/mol. The minimum atomic E-state index is 0.762. The molecule has 19 heavy (non-hydrogen) atoms. The Hall–Kier alpha value is -1.97. The number of nitrogens with zero attached hydrogens (tertiary/aromatic N) is 2. The van der Waals surface area contributed by atoms with Gasteiger partial charge in [0.2, 0.25) is 0 Å². The Morgan fingerprint density at radius 3 is 2.58 bits per heavy atom. The van der Waals surface area contributed by atoms with E-state index in [2.05, 4.69) is 44.5 Å². The topological polar surface area (TPSA) is 44.0 Å². The number of hydrogen-bond donors (Lipinski definition) is 2. The van der Waals surface area contributed by atoms with Crippen molar-refractivity contribution in [3.63, 3.8) is 0 Å². The second-order valence-electron chi connectivity index (χ2n) is 5.07. The van der Waals surface area contributed by atoms with Gasteiger partial charge in [-0.2, -0.15) is 0 Å². The molecule has 0 radical (unpaired) electrons. The average molecular weight is 256 g/mol. The van der Waals surface area contributed by atoms with E-state index < -0.39 is 0 Å². The molecule has 0 amide bonds. The number of nitrogens with one attached hydrogen (secondary N) is 2. The molecular formula is C15H20N4. The van der Waals surface area contributed by atoms with Gasteiger partial charge >= 0.3 is 0 Å². The zero-order chi connectivity index (χ0) is 13.1. The summed E-state index contributed by atoms with van der Waals surface area (Å²) in [4.78, 5) is 9.82. The number of imidazole rings is 1. The fourth-order valence-electron chi connectivity index (χ4n) is 2.52. The van der Waals surface area contributed by atoms with E-state index in [-0.39, 0.29) is 0 Å². The van der Waals surface area contributed by atoms with Gasteiger partial charge in [0.25, 0.3) is 0 Å². The van der Waals surface area contributed by atoms with Crippen LogP contribution in [0.4, 0.5) is 11.4 Å². The van der Waals surface area contributed by atoms with E-state index in [0.29, 0.717) is 0 Å². The van der Waals surface area contributed by atoms with Crippen molar-refractivity contribution in [3.05, 3.63) is 42.0 Å².